The van der Waals surface area contributed by atoms with Crippen molar-refractivity contribution in [2.75, 3.05) is 65.0 Å². The summed E-state index contributed by atoms with van der Waals surface area (Å²) >= 11 is 0. The number of aromatic hydroxyl groups is 1. The lowest BCUT2D eigenvalue weighted by Crippen LogP contribution is -2.46. The third-order valence-electron chi connectivity index (χ3n) is 14.7. The van der Waals surface area contributed by atoms with E-state index in [4.69, 9.17) is 42.6 Å². The minimum atomic E-state index is -2.04. The highest BCUT2D eigenvalue weighted by Gasteiger charge is 2.51. The average molecular weight is 984 g/mol. The number of carbonyl (C=O) groups is 3. The van der Waals surface area contributed by atoms with Gasteiger partial charge in [0.15, 0.2) is 22.3 Å². The molecule has 6 heterocycles. The molecule has 2 fully saturated rings. The number of hydrogen-bond donors (Lipinski definition) is 4. The van der Waals surface area contributed by atoms with Crippen LogP contribution in [0, 0.1) is 24.7 Å². The third-order valence-corrected chi connectivity index (χ3v) is 14.7. The molecule has 1 amide bonds. The van der Waals surface area contributed by atoms with Crippen molar-refractivity contribution >= 4 is 56.3 Å². The number of Topliss-reactive ketones (excluding diaryl/α,β-unsaturated/α-hetero) is 1. The zero-order valence-electron chi connectivity index (χ0n) is 42.2. The highest BCUT2D eigenvalue weighted by molar-refractivity contribution is 6.26. The van der Waals surface area contributed by atoms with E-state index in [1.165, 1.54) is 53.3 Å². The topological polar surface area (TPSA) is 223 Å². The largest absolute Gasteiger partial charge is 0.505 e. The molecule has 5 aliphatic heterocycles. The maximum Gasteiger partial charge on any atom is 0.312 e. The van der Waals surface area contributed by atoms with E-state index in [2.05, 4.69) is 24.5 Å². The molecular formula is C53H67N4O14+. The summed E-state index contributed by atoms with van der Waals surface area (Å²) in [5, 5.41) is 29.5. The Labute approximate surface area is 412 Å². The number of benzene rings is 3. The van der Waals surface area contributed by atoms with Crippen LogP contribution in [0.3, 0.4) is 0 Å². The molecule has 71 heavy (non-hydrogen) atoms. The number of nitrogens with one attached hydrogen (secondary N) is 2. The van der Waals surface area contributed by atoms with Crippen LogP contribution in [0.4, 0.5) is 5.69 Å². The SMILES string of the molecule is CO[C@H]1/C=C/O[C@@]2(C)Oc3c(C)c(=O)c4c(O)c(c5oc6cc(OCCNCCOCC[N+]7(C(C)C)CC7)ccc6nc5c4c3C2=O)NC(=O)/C(C)=C\C=C\[C@H](C)[C@@H]2O[C@H]([C@H](O)[C@@H]2C)[C@H](OC(C)=O)[C@@H]1C. The Hall–Kier alpha value is -5.89. The minimum Gasteiger partial charge on any atom is -0.505 e. The van der Waals surface area contributed by atoms with Crippen molar-refractivity contribution in [2.45, 2.75) is 105 Å². The van der Waals surface area contributed by atoms with Gasteiger partial charge in [-0.3, -0.25) is 19.2 Å². The number of allylic oxidation sites excluding steroid dienone is 2. The smallest absolute Gasteiger partial charge is 0.312 e. The van der Waals surface area contributed by atoms with E-state index >= 15 is 0 Å². The molecule has 0 unspecified atom stereocenters. The summed E-state index contributed by atoms with van der Waals surface area (Å²) in [7, 11) is 1.46. The molecule has 4 N–H and O–H groups in total. The first-order valence-electron chi connectivity index (χ1n) is 24.5. The Morgan fingerprint density at radius 3 is 2.48 bits per heavy atom. The van der Waals surface area contributed by atoms with E-state index in [-0.39, 0.29) is 61.5 Å². The lowest BCUT2D eigenvalue weighted by Gasteiger charge is -2.33. The number of esters is 1. The molecule has 5 aliphatic rings. The van der Waals surface area contributed by atoms with Gasteiger partial charge in [0.1, 0.15) is 66.7 Å². The fourth-order valence-electron chi connectivity index (χ4n) is 10.0. The summed E-state index contributed by atoms with van der Waals surface area (Å²) in [6.07, 6.45) is 3.61. The number of hydrogen-bond acceptors (Lipinski definition) is 16. The van der Waals surface area contributed by atoms with Crippen molar-refractivity contribution in [1.29, 1.82) is 0 Å². The summed E-state index contributed by atoms with van der Waals surface area (Å²) in [4.78, 5) is 60.7. The van der Waals surface area contributed by atoms with Crippen molar-refractivity contribution in [2.24, 2.45) is 17.8 Å². The van der Waals surface area contributed by atoms with Gasteiger partial charge < -0.3 is 62.9 Å². The number of methoxy groups -OCH3 is 1. The number of carbonyl (C=O) groups excluding carboxylic acids is 3. The summed E-state index contributed by atoms with van der Waals surface area (Å²) in [6, 6.07) is 5.64. The first kappa shape index (κ1) is 51.5. The lowest BCUT2D eigenvalue weighted by atomic mass is 9.86. The molecule has 3 aromatic carbocycles. The fourth-order valence-corrected chi connectivity index (χ4v) is 10.0. The molecule has 4 aromatic rings. The Morgan fingerprint density at radius 2 is 1.77 bits per heavy atom. The second-order valence-electron chi connectivity index (χ2n) is 19.8. The van der Waals surface area contributed by atoms with E-state index in [1.54, 1.807) is 44.2 Å². The molecule has 382 valence electrons. The number of aliphatic hydroxyl groups excluding tert-OH is 1. The van der Waals surface area contributed by atoms with Gasteiger partial charge in [0.25, 0.3) is 11.7 Å². The molecule has 9 atom stereocenters. The number of aliphatic hydroxyl groups is 1. The van der Waals surface area contributed by atoms with Gasteiger partial charge >= 0.3 is 11.8 Å². The zero-order valence-corrected chi connectivity index (χ0v) is 42.2. The number of amides is 1. The van der Waals surface area contributed by atoms with Crippen LogP contribution in [0.5, 0.6) is 17.2 Å². The van der Waals surface area contributed by atoms with Gasteiger partial charge in [-0.15, -0.1) is 0 Å². The molecule has 18 heteroatoms. The number of quaternary nitrogens is 1. The number of nitrogens with zero attached hydrogens (tertiary/aromatic N) is 2. The Morgan fingerprint density at radius 1 is 1.03 bits per heavy atom. The summed E-state index contributed by atoms with van der Waals surface area (Å²) in [6.45, 7) is 22.1. The first-order valence-corrected chi connectivity index (χ1v) is 24.5. The minimum absolute atomic E-state index is 0.00173. The van der Waals surface area contributed by atoms with Crippen LogP contribution in [0.1, 0.15) is 71.3 Å². The van der Waals surface area contributed by atoms with Gasteiger partial charge in [0.2, 0.25) is 0 Å². The van der Waals surface area contributed by atoms with Crippen LogP contribution in [0.25, 0.3) is 33.0 Å². The molecule has 0 spiro atoms. The molecule has 0 radical (unpaired) electrons. The Balaban J connectivity index is 1.16. The van der Waals surface area contributed by atoms with Crippen LogP contribution in [0.15, 0.2) is 63.6 Å². The standard InChI is InChI=1S/C53H66N4O14/c1-27(2)57(19-20-57)21-25-65-23-17-54-18-24-66-34-14-15-35-37(26-34)69-49-41(55-35)38-39-43(59)31(6)47-40(38)51(62)53(9,71-47)67-22-16-36(64-10)30(5)48(68-33(8)58)50-44(60)32(7)46(70-50)28(3)12-11-13-29(4)52(63)56-42(49)45(39)61/h11-16,22,26-28,30,32,36,44,46,48,50,54,60H,17-21,23-25H2,1-10H3,(H-,55,56,59,61,62,63)/p+1/b12-11+,22-16+,29-13-/t28-,30+,32-,36-,44+,46-,48+,50+,53-/m0/s1. The molecule has 9 rings (SSSR count). The zero-order chi connectivity index (χ0) is 51.1. The summed E-state index contributed by atoms with van der Waals surface area (Å²) in [5.74, 6) is -5.54. The highest BCUT2D eigenvalue weighted by Crippen LogP contribution is 2.48. The predicted octanol–water partition coefficient (Wildman–Crippen LogP) is 5.99. The first-order chi connectivity index (χ1) is 33.8. The second kappa shape index (κ2) is 20.7. The van der Waals surface area contributed by atoms with E-state index in [9.17, 15) is 29.4 Å². The number of rotatable bonds is 13. The second-order valence-corrected chi connectivity index (χ2v) is 19.8. The molecular weight excluding hydrogens is 917 g/mol. The molecule has 7 bridgehead atoms. The quantitative estimate of drug-likeness (QED) is 0.0230. The van der Waals surface area contributed by atoms with E-state index in [0.717, 1.165) is 17.6 Å². The fraction of sp³-hybridized carbons (Fsp3) is 0.528. The molecule has 0 aliphatic carbocycles. The van der Waals surface area contributed by atoms with Crippen molar-refractivity contribution in [1.82, 2.24) is 10.3 Å². The molecule has 2 saturated heterocycles. The Kier molecular flexibility index (Phi) is 15.0. The van der Waals surface area contributed by atoms with Gasteiger partial charge in [-0.25, -0.2) is 4.98 Å². The number of ketones is 1. The third kappa shape index (κ3) is 10.0. The normalized spacial score (nSPS) is 29.0. The number of aromatic nitrogens is 1. The van der Waals surface area contributed by atoms with Crippen molar-refractivity contribution in [3.05, 3.63) is 75.7 Å². The Bertz CT molecular complexity index is 2870. The van der Waals surface area contributed by atoms with Crippen molar-refractivity contribution in [3.8, 4) is 17.2 Å². The number of phenols is 1. The maximum atomic E-state index is 14.8. The van der Waals surface area contributed by atoms with Crippen molar-refractivity contribution < 1.29 is 66.7 Å². The van der Waals surface area contributed by atoms with E-state index in [0.29, 0.717) is 43.6 Å². The van der Waals surface area contributed by atoms with E-state index < -0.39 is 77.0 Å². The maximum absolute atomic E-state index is 14.8. The van der Waals surface area contributed by atoms with Crippen LogP contribution in [0.2, 0.25) is 0 Å². The lowest BCUT2D eigenvalue weighted by molar-refractivity contribution is -0.823. The van der Waals surface area contributed by atoms with Gasteiger partial charge in [0.05, 0.1) is 54.8 Å². The monoisotopic (exact) mass is 983 g/mol. The predicted molar refractivity (Wildman–Crippen MR) is 264 cm³/mol. The average Bonchev–Trinajstić information content (AvgIpc) is 4.02. The molecule has 1 aromatic heterocycles. The number of fused-ring (bicyclic) bond motifs is 9. The van der Waals surface area contributed by atoms with Crippen LogP contribution < -0.4 is 25.5 Å². The number of anilines is 1. The highest BCUT2D eigenvalue weighted by atomic mass is 16.7. The summed E-state index contributed by atoms with van der Waals surface area (Å²) < 4.78 is 50.1. The van der Waals surface area contributed by atoms with Crippen molar-refractivity contribution in [3.63, 3.8) is 0 Å². The number of ether oxygens (including phenoxy) is 7. The van der Waals surface area contributed by atoms with Crippen LogP contribution in [-0.4, -0.2) is 139 Å². The van der Waals surface area contributed by atoms with Gasteiger partial charge in [-0.05, 0) is 45.9 Å². The molecule has 0 saturated carbocycles. The van der Waals surface area contributed by atoms with Gasteiger partial charge in [0, 0.05) is 74.4 Å². The van der Waals surface area contributed by atoms with Gasteiger partial charge in [-0.2, -0.15) is 0 Å². The van der Waals surface area contributed by atoms with Gasteiger partial charge in [-0.1, -0.05) is 39.0 Å². The van der Waals surface area contributed by atoms with Crippen LogP contribution in [-0.2, 0) is 33.3 Å². The summed E-state index contributed by atoms with van der Waals surface area (Å²) in [5.41, 5.74) is -0.399. The number of phenolic OH excluding ortho intramolecular Hbond substituents is 1. The molecule has 18 nitrogen and oxygen atoms in total. The van der Waals surface area contributed by atoms with Crippen LogP contribution >= 0.6 is 0 Å². The van der Waals surface area contributed by atoms with E-state index in [1.807, 2.05) is 19.9 Å².